The van der Waals surface area contributed by atoms with Crippen LogP contribution >= 0.6 is 11.3 Å². The molecule has 0 radical (unpaired) electrons. The Morgan fingerprint density at radius 3 is 2.67 bits per heavy atom. The Bertz CT molecular complexity index is 643. The number of nitrogens with two attached hydrogens (primary N) is 1. The molecule has 2 amide bonds. The maximum atomic E-state index is 11.8. The molecule has 1 saturated carbocycles. The van der Waals surface area contributed by atoms with E-state index in [2.05, 4.69) is 5.32 Å². The van der Waals surface area contributed by atoms with Gasteiger partial charge in [0, 0.05) is 16.0 Å². The Morgan fingerprint density at radius 1 is 1.28 bits per heavy atom. The monoisotopic (exact) mass is 260 g/mol. The van der Waals surface area contributed by atoms with Crippen LogP contribution in [0.4, 0.5) is 5.00 Å². The third-order valence-corrected chi connectivity index (χ3v) is 4.11. The maximum absolute atomic E-state index is 11.8. The van der Waals surface area contributed by atoms with E-state index in [-0.39, 0.29) is 11.8 Å². The first-order valence-corrected chi connectivity index (χ1v) is 6.60. The molecule has 0 saturated heterocycles. The second-order valence-electron chi connectivity index (χ2n) is 4.43. The Hall–Kier alpha value is -1.88. The molecule has 1 fully saturated rings. The number of primary amides is 1. The molecule has 1 aliphatic carbocycles. The van der Waals surface area contributed by atoms with Crippen LogP contribution in [0.25, 0.3) is 10.1 Å². The van der Waals surface area contributed by atoms with Crippen LogP contribution in [0.5, 0.6) is 0 Å². The number of rotatable bonds is 3. The van der Waals surface area contributed by atoms with Crippen molar-refractivity contribution in [3.63, 3.8) is 0 Å². The summed E-state index contributed by atoms with van der Waals surface area (Å²) < 4.78 is 0.956. The van der Waals surface area contributed by atoms with Gasteiger partial charge in [0.25, 0.3) is 5.91 Å². The Balaban J connectivity index is 2.06. The summed E-state index contributed by atoms with van der Waals surface area (Å²) in [5.41, 5.74) is 5.83. The molecule has 0 spiro atoms. The van der Waals surface area contributed by atoms with E-state index in [0.29, 0.717) is 10.6 Å². The number of nitrogens with one attached hydrogen (secondary N) is 1. The largest absolute Gasteiger partial charge is 0.365 e. The molecule has 3 rings (SSSR count). The Labute approximate surface area is 108 Å². The predicted octanol–water partition coefficient (Wildman–Crippen LogP) is 2.35. The van der Waals surface area contributed by atoms with Crippen molar-refractivity contribution >= 4 is 38.2 Å². The third kappa shape index (κ3) is 1.86. The van der Waals surface area contributed by atoms with E-state index in [1.165, 1.54) is 11.3 Å². The average molecular weight is 260 g/mol. The summed E-state index contributed by atoms with van der Waals surface area (Å²) in [6, 6.07) is 7.52. The average Bonchev–Trinajstić information content (AvgIpc) is 3.10. The van der Waals surface area contributed by atoms with Gasteiger partial charge in [-0.2, -0.15) is 0 Å². The summed E-state index contributed by atoms with van der Waals surface area (Å²) in [5.74, 6) is -0.404. The van der Waals surface area contributed by atoms with Gasteiger partial charge in [-0.15, -0.1) is 11.3 Å². The van der Waals surface area contributed by atoms with Crippen LogP contribution < -0.4 is 11.1 Å². The van der Waals surface area contributed by atoms with Crippen molar-refractivity contribution in [3.8, 4) is 0 Å². The van der Waals surface area contributed by atoms with Crippen molar-refractivity contribution in [2.45, 2.75) is 12.8 Å². The lowest BCUT2D eigenvalue weighted by molar-refractivity contribution is -0.117. The number of carbonyl (C=O) groups excluding carboxylic acids is 2. The molecule has 0 unspecified atom stereocenters. The van der Waals surface area contributed by atoms with Gasteiger partial charge in [0.05, 0.1) is 5.56 Å². The van der Waals surface area contributed by atoms with Gasteiger partial charge in [-0.1, -0.05) is 18.2 Å². The molecule has 0 bridgehead atoms. The molecule has 1 aliphatic rings. The smallest absolute Gasteiger partial charge is 0.252 e. The van der Waals surface area contributed by atoms with Gasteiger partial charge in [-0.25, -0.2) is 0 Å². The van der Waals surface area contributed by atoms with Crippen molar-refractivity contribution in [1.29, 1.82) is 0 Å². The summed E-state index contributed by atoms with van der Waals surface area (Å²) in [4.78, 5) is 23.3. The van der Waals surface area contributed by atoms with Gasteiger partial charge in [-0.3, -0.25) is 9.59 Å². The molecule has 1 aromatic heterocycles. The van der Waals surface area contributed by atoms with E-state index in [0.717, 1.165) is 22.9 Å². The predicted molar refractivity (Wildman–Crippen MR) is 71.7 cm³/mol. The van der Waals surface area contributed by atoms with Crippen LogP contribution in [-0.2, 0) is 4.79 Å². The van der Waals surface area contributed by atoms with E-state index in [9.17, 15) is 9.59 Å². The zero-order valence-electron chi connectivity index (χ0n) is 9.60. The molecule has 5 heteroatoms. The van der Waals surface area contributed by atoms with E-state index in [1.54, 1.807) is 0 Å². The topological polar surface area (TPSA) is 72.2 Å². The number of hydrogen-bond donors (Lipinski definition) is 2. The van der Waals surface area contributed by atoms with Crippen LogP contribution in [-0.4, -0.2) is 11.8 Å². The quantitative estimate of drug-likeness (QED) is 0.889. The first kappa shape index (κ1) is 11.2. The molecule has 0 aliphatic heterocycles. The third-order valence-electron chi connectivity index (χ3n) is 3.03. The highest BCUT2D eigenvalue weighted by Crippen LogP contribution is 2.37. The number of hydrogen-bond acceptors (Lipinski definition) is 3. The second-order valence-corrected chi connectivity index (χ2v) is 5.48. The lowest BCUT2D eigenvalue weighted by atomic mass is 10.1. The number of thiophene rings is 1. The fourth-order valence-corrected chi connectivity index (χ4v) is 3.05. The van der Waals surface area contributed by atoms with E-state index in [1.807, 2.05) is 24.3 Å². The molecule has 2 aromatic rings. The molecule has 92 valence electrons. The van der Waals surface area contributed by atoms with Gasteiger partial charge in [-0.05, 0) is 18.9 Å². The first-order valence-electron chi connectivity index (χ1n) is 5.79. The Morgan fingerprint density at radius 2 is 2.00 bits per heavy atom. The molecule has 4 nitrogen and oxygen atoms in total. The van der Waals surface area contributed by atoms with Gasteiger partial charge in [0.1, 0.15) is 5.00 Å². The van der Waals surface area contributed by atoms with Crippen molar-refractivity contribution in [3.05, 3.63) is 29.8 Å². The van der Waals surface area contributed by atoms with Gasteiger partial charge in [0.15, 0.2) is 0 Å². The number of anilines is 1. The minimum Gasteiger partial charge on any atom is -0.365 e. The molecule has 1 heterocycles. The standard InChI is InChI=1S/C13H12N2O2S/c14-11(16)10-8-3-1-2-4-9(8)18-13(10)15-12(17)7-5-6-7/h1-4,7H,5-6H2,(H2,14,16)(H,15,17). The first-order chi connectivity index (χ1) is 8.66. The minimum atomic E-state index is -0.501. The number of carbonyl (C=O) groups is 2. The van der Waals surface area contributed by atoms with E-state index >= 15 is 0 Å². The van der Waals surface area contributed by atoms with Crippen molar-refractivity contribution in [1.82, 2.24) is 0 Å². The van der Waals surface area contributed by atoms with Crippen molar-refractivity contribution in [2.24, 2.45) is 11.7 Å². The van der Waals surface area contributed by atoms with Gasteiger partial charge < -0.3 is 11.1 Å². The molecule has 1 aromatic carbocycles. The zero-order valence-corrected chi connectivity index (χ0v) is 10.4. The van der Waals surface area contributed by atoms with Crippen molar-refractivity contribution < 1.29 is 9.59 Å². The Kier molecular flexibility index (Phi) is 2.56. The highest BCUT2D eigenvalue weighted by Gasteiger charge is 2.31. The fourth-order valence-electron chi connectivity index (χ4n) is 1.94. The summed E-state index contributed by atoms with van der Waals surface area (Å²) in [5, 5.41) is 4.20. The molecule has 0 atom stereocenters. The fraction of sp³-hybridized carbons (Fsp3) is 0.231. The zero-order chi connectivity index (χ0) is 12.7. The number of fused-ring (bicyclic) bond motifs is 1. The summed E-state index contributed by atoms with van der Waals surface area (Å²) in [6.45, 7) is 0. The van der Waals surface area contributed by atoms with E-state index < -0.39 is 5.91 Å². The number of benzene rings is 1. The SMILES string of the molecule is NC(=O)c1c(NC(=O)C2CC2)sc2ccccc12. The highest BCUT2D eigenvalue weighted by atomic mass is 32.1. The van der Waals surface area contributed by atoms with Crippen LogP contribution in [0.2, 0.25) is 0 Å². The maximum Gasteiger partial charge on any atom is 0.252 e. The van der Waals surface area contributed by atoms with Crippen LogP contribution in [0, 0.1) is 5.92 Å². The van der Waals surface area contributed by atoms with Crippen molar-refractivity contribution in [2.75, 3.05) is 5.32 Å². The van der Waals surface area contributed by atoms with Crippen LogP contribution in [0.1, 0.15) is 23.2 Å². The molecular formula is C13H12N2O2S. The molecular weight excluding hydrogens is 248 g/mol. The lowest BCUT2D eigenvalue weighted by Crippen LogP contribution is -2.17. The number of amides is 2. The van der Waals surface area contributed by atoms with Gasteiger partial charge in [0.2, 0.25) is 5.91 Å². The van der Waals surface area contributed by atoms with Crippen LogP contribution in [0.3, 0.4) is 0 Å². The minimum absolute atomic E-state index is 0.0101. The highest BCUT2D eigenvalue weighted by molar-refractivity contribution is 7.23. The van der Waals surface area contributed by atoms with Crippen LogP contribution in [0.15, 0.2) is 24.3 Å². The normalized spacial score (nSPS) is 14.7. The summed E-state index contributed by atoms with van der Waals surface area (Å²) in [7, 11) is 0. The lowest BCUT2D eigenvalue weighted by Gasteiger charge is -2.02. The summed E-state index contributed by atoms with van der Waals surface area (Å²) >= 11 is 1.39. The van der Waals surface area contributed by atoms with Gasteiger partial charge >= 0.3 is 0 Å². The molecule has 18 heavy (non-hydrogen) atoms. The van der Waals surface area contributed by atoms with E-state index in [4.69, 9.17) is 5.73 Å². The molecule has 3 N–H and O–H groups in total. The second kappa shape index (κ2) is 4.10. The summed E-state index contributed by atoms with van der Waals surface area (Å²) in [6.07, 6.45) is 1.87.